The van der Waals surface area contributed by atoms with Gasteiger partial charge in [0.25, 0.3) is 6.43 Å². The monoisotopic (exact) mass is 311 g/mol. The van der Waals surface area contributed by atoms with Crippen molar-refractivity contribution < 1.29 is 23.0 Å². The van der Waals surface area contributed by atoms with Crippen molar-refractivity contribution >= 4 is 5.97 Å². The summed E-state index contributed by atoms with van der Waals surface area (Å²) in [4.78, 5) is 16.0. The lowest BCUT2D eigenvalue weighted by Crippen LogP contribution is -2.12. The largest absolute Gasteiger partial charge is 0.487 e. The molecule has 0 aliphatic heterocycles. The van der Waals surface area contributed by atoms with Crippen molar-refractivity contribution in [2.75, 3.05) is 6.61 Å². The fourth-order valence-electron chi connectivity index (χ4n) is 1.82. The van der Waals surface area contributed by atoms with Crippen molar-refractivity contribution in [3.63, 3.8) is 0 Å². The van der Waals surface area contributed by atoms with Gasteiger partial charge >= 0.3 is 5.97 Å². The molecule has 0 N–H and O–H groups in total. The van der Waals surface area contributed by atoms with Crippen LogP contribution in [0, 0.1) is 13.8 Å². The van der Waals surface area contributed by atoms with Gasteiger partial charge in [0.1, 0.15) is 18.1 Å². The summed E-state index contributed by atoms with van der Waals surface area (Å²) < 4.78 is 35.9. The Morgan fingerprint density at radius 2 is 2.14 bits per heavy atom. The van der Waals surface area contributed by atoms with Gasteiger partial charge in [-0.2, -0.15) is 5.10 Å². The number of alkyl halides is 2. The predicted octanol–water partition coefficient (Wildman–Crippen LogP) is 2.30. The average Bonchev–Trinajstić information content (AvgIpc) is 2.72. The minimum absolute atomic E-state index is 0.0329. The lowest BCUT2D eigenvalue weighted by atomic mass is 10.3. The van der Waals surface area contributed by atoms with E-state index in [0.29, 0.717) is 17.1 Å². The molecular formula is C14H15F2N3O3. The normalized spacial score (nSPS) is 10.8. The molecule has 6 nitrogen and oxygen atoms in total. The fourth-order valence-corrected chi connectivity index (χ4v) is 1.82. The summed E-state index contributed by atoms with van der Waals surface area (Å²) in [5.74, 6) is -0.225. The van der Waals surface area contributed by atoms with Gasteiger partial charge in [-0.05, 0) is 19.9 Å². The number of aryl methyl sites for hydroxylation is 2. The Bertz CT molecular complexity index is 686. The molecule has 0 aromatic carbocycles. The first-order chi connectivity index (χ1) is 10.4. The first-order valence-electron chi connectivity index (χ1n) is 6.48. The number of aromatic nitrogens is 3. The van der Waals surface area contributed by atoms with Crippen LogP contribution in [0.3, 0.4) is 0 Å². The van der Waals surface area contributed by atoms with E-state index in [4.69, 9.17) is 9.47 Å². The molecule has 0 saturated heterocycles. The molecule has 2 rings (SSSR count). The summed E-state index contributed by atoms with van der Waals surface area (Å²) in [7, 11) is 1.73. The quantitative estimate of drug-likeness (QED) is 0.793. The Hall–Kier alpha value is -2.51. The van der Waals surface area contributed by atoms with Gasteiger partial charge in [-0.3, -0.25) is 4.68 Å². The maximum Gasteiger partial charge on any atom is 0.362 e. The zero-order valence-corrected chi connectivity index (χ0v) is 12.3. The van der Waals surface area contributed by atoms with Gasteiger partial charge in [-0.15, -0.1) is 0 Å². The zero-order chi connectivity index (χ0) is 16.3. The smallest absolute Gasteiger partial charge is 0.362 e. The molecule has 0 spiro atoms. The summed E-state index contributed by atoms with van der Waals surface area (Å²) in [6.07, 6.45) is -1.30. The molecule has 0 aliphatic rings. The number of pyridine rings is 1. The number of nitrogens with zero attached hydrogens (tertiary/aromatic N) is 3. The van der Waals surface area contributed by atoms with E-state index >= 15 is 0 Å². The molecule has 0 fully saturated rings. The van der Waals surface area contributed by atoms with Crippen molar-refractivity contribution in [3.8, 4) is 11.5 Å². The Morgan fingerprint density at radius 3 is 2.73 bits per heavy atom. The predicted molar refractivity (Wildman–Crippen MR) is 73.4 cm³/mol. The molecule has 2 aromatic heterocycles. The van der Waals surface area contributed by atoms with Gasteiger partial charge in [-0.1, -0.05) is 0 Å². The highest BCUT2D eigenvalue weighted by molar-refractivity contribution is 5.89. The lowest BCUT2D eigenvalue weighted by Gasteiger charge is -2.07. The number of rotatable bonds is 5. The van der Waals surface area contributed by atoms with Crippen LogP contribution >= 0.6 is 0 Å². The summed E-state index contributed by atoms with van der Waals surface area (Å²) in [5.41, 5.74) is 1.23. The lowest BCUT2D eigenvalue weighted by molar-refractivity contribution is 0.0723. The molecule has 0 aliphatic carbocycles. The standard InChI is InChI=1S/C14H15F2N3O3/c1-8-13(9(2)19(3)18-8)22-14(20)11-6-10(4-5-17-11)21-7-12(15)16/h4-6,12H,7H2,1-3H3. The van der Waals surface area contributed by atoms with Crippen LogP contribution in [0.4, 0.5) is 8.78 Å². The maximum atomic E-state index is 12.1. The topological polar surface area (TPSA) is 66.2 Å². The number of carbonyl (C=O) groups is 1. The van der Waals surface area contributed by atoms with Crippen LogP contribution in [0.15, 0.2) is 18.3 Å². The molecule has 2 heterocycles. The first kappa shape index (κ1) is 15.9. The number of esters is 1. The molecule has 22 heavy (non-hydrogen) atoms. The minimum Gasteiger partial charge on any atom is -0.487 e. The van der Waals surface area contributed by atoms with Crippen molar-refractivity contribution in [1.82, 2.24) is 14.8 Å². The Morgan fingerprint density at radius 1 is 1.41 bits per heavy atom. The van der Waals surface area contributed by atoms with E-state index in [1.165, 1.54) is 18.3 Å². The van der Waals surface area contributed by atoms with E-state index < -0.39 is 19.0 Å². The van der Waals surface area contributed by atoms with Gasteiger partial charge in [-0.25, -0.2) is 18.6 Å². The Kier molecular flexibility index (Phi) is 4.69. The average molecular weight is 311 g/mol. The second-order valence-electron chi connectivity index (χ2n) is 4.59. The second kappa shape index (κ2) is 6.50. The van der Waals surface area contributed by atoms with Gasteiger partial charge in [0.05, 0.1) is 5.69 Å². The van der Waals surface area contributed by atoms with Gasteiger partial charge in [0, 0.05) is 19.3 Å². The van der Waals surface area contributed by atoms with Crippen molar-refractivity contribution in [1.29, 1.82) is 0 Å². The summed E-state index contributed by atoms with van der Waals surface area (Å²) in [5, 5.41) is 4.13. The number of hydrogen-bond acceptors (Lipinski definition) is 5. The van der Waals surface area contributed by atoms with Crippen LogP contribution in [-0.4, -0.2) is 33.8 Å². The molecule has 0 unspecified atom stereocenters. The van der Waals surface area contributed by atoms with Gasteiger partial charge in [0.2, 0.25) is 0 Å². The Labute approximate surface area is 125 Å². The number of hydrogen-bond donors (Lipinski definition) is 0. The maximum absolute atomic E-state index is 12.1. The second-order valence-corrected chi connectivity index (χ2v) is 4.59. The summed E-state index contributed by atoms with van der Waals surface area (Å²) in [6.45, 7) is 2.72. The third kappa shape index (κ3) is 3.57. The van der Waals surface area contributed by atoms with Crippen LogP contribution in [0.25, 0.3) is 0 Å². The first-order valence-corrected chi connectivity index (χ1v) is 6.48. The van der Waals surface area contributed by atoms with E-state index in [9.17, 15) is 13.6 Å². The summed E-state index contributed by atoms with van der Waals surface area (Å²) in [6, 6.07) is 2.64. The zero-order valence-electron chi connectivity index (χ0n) is 12.3. The van der Waals surface area contributed by atoms with Crippen molar-refractivity contribution in [2.24, 2.45) is 7.05 Å². The molecule has 2 aromatic rings. The van der Waals surface area contributed by atoms with Crippen LogP contribution in [-0.2, 0) is 7.05 Å². The van der Waals surface area contributed by atoms with E-state index in [1.807, 2.05) is 0 Å². The minimum atomic E-state index is -2.59. The van der Waals surface area contributed by atoms with E-state index in [1.54, 1.807) is 25.6 Å². The third-order valence-electron chi connectivity index (χ3n) is 2.95. The highest BCUT2D eigenvalue weighted by atomic mass is 19.3. The fraction of sp³-hybridized carbons (Fsp3) is 0.357. The van der Waals surface area contributed by atoms with Crippen LogP contribution in [0.1, 0.15) is 21.9 Å². The molecule has 118 valence electrons. The molecular weight excluding hydrogens is 296 g/mol. The summed E-state index contributed by atoms with van der Waals surface area (Å²) >= 11 is 0. The molecule has 0 radical (unpaired) electrons. The van der Waals surface area contributed by atoms with Crippen LogP contribution in [0.2, 0.25) is 0 Å². The SMILES string of the molecule is Cc1nn(C)c(C)c1OC(=O)c1cc(OCC(F)F)ccn1. The molecule has 0 saturated carbocycles. The molecule has 0 bridgehead atoms. The Balaban J connectivity index is 2.14. The highest BCUT2D eigenvalue weighted by Gasteiger charge is 2.18. The number of ether oxygens (including phenoxy) is 2. The van der Waals surface area contributed by atoms with Crippen molar-refractivity contribution in [2.45, 2.75) is 20.3 Å². The number of halogens is 2. The number of carbonyl (C=O) groups excluding carboxylic acids is 1. The van der Waals surface area contributed by atoms with Crippen molar-refractivity contribution in [3.05, 3.63) is 35.4 Å². The van der Waals surface area contributed by atoms with Crippen LogP contribution in [0.5, 0.6) is 11.5 Å². The van der Waals surface area contributed by atoms with Gasteiger partial charge < -0.3 is 9.47 Å². The van der Waals surface area contributed by atoms with Gasteiger partial charge in [0.15, 0.2) is 11.4 Å². The van der Waals surface area contributed by atoms with E-state index in [2.05, 4.69) is 10.1 Å². The third-order valence-corrected chi connectivity index (χ3v) is 2.95. The molecule has 0 amide bonds. The van der Waals surface area contributed by atoms with E-state index in [0.717, 1.165) is 0 Å². The van der Waals surface area contributed by atoms with Crippen LogP contribution < -0.4 is 9.47 Å². The van der Waals surface area contributed by atoms with E-state index in [-0.39, 0.29) is 11.4 Å². The highest BCUT2D eigenvalue weighted by Crippen LogP contribution is 2.23. The molecule has 0 atom stereocenters. The molecule has 8 heteroatoms.